The number of rotatable bonds is 4. The fourth-order valence-electron chi connectivity index (χ4n) is 8.99. The largest absolute Gasteiger partial charge is 0.456 e. The van der Waals surface area contributed by atoms with Crippen molar-refractivity contribution < 1.29 is 4.42 Å². The molecule has 0 saturated carbocycles. The van der Waals surface area contributed by atoms with Crippen LogP contribution in [0.3, 0.4) is 0 Å². The van der Waals surface area contributed by atoms with Crippen molar-refractivity contribution in [2.45, 2.75) is 55.4 Å². The molecule has 0 aliphatic rings. The van der Waals surface area contributed by atoms with E-state index in [4.69, 9.17) is 4.42 Å². The van der Waals surface area contributed by atoms with Crippen molar-refractivity contribution in [1.29, 1.82) is 0 Å². The van der Waals surface area contributed by atoms with E-state index in [9.17, 15) is 0 Å². The fraction of sp³-hybridized carbons (Fsp3) is 0.154. The van der Waals surface area contributed by atoms with Crippen LogP contribution in [0.5, 0.6) is 0 Å². The highest BCUT2D eigenvalue weighted by Crippen LogP contribution is 2.50. The summed E-state index contributed by atoms with van der Waals surface area (Å²) in [6.07, 6.45) is 0. The van der Waals surface area contributed by atoms with Crippen molar-refractivity contribution in [3.05, 3.63) is 166 Å². The average Bonchev–Trinajstić information content (AvgIpc) is 3.59. The highest BCUT2D eigenvalue weighted by Gasteiger charge is 2.25. The summed E-state index contributed by atoms with van der Waals surface area (Å²) < 4.78 is 6.19. The Bertz CT molecular complexity index is 2840. The molecule has 0 unspecified atom stereocenters. The molecular formula is C52H44O. The average molecular weight is 685 g/mol. The molecule has 258 valence electrons. The van der Waals surface area contributed by atoms with Crippen LogP contribution in [0, 0.1) is 55.4 Å². The Morgan fingerprint density at radius 1 is 0.283 bits per heavy atom. The summed E-state index contributed by atoms with van der Waals surface area (Å²) in [7, 11) is 0. The van der Waals surface area contributed by atoms with Gasteiger partial charge < -0.3 is 4.42 Å². The molecule has 9 aromatic rings. The van der Waals surface area contributed by atoms with E-state index < -0.39 is 0 Å². The number of aryl methyl sites for hydroxylation is 4. The molecule has 1 nitrogen and oxygen atoms in total. The molecule has 0 amide bonds. The molecule has 1 heterocycles. The van der Waals surface area contributed by atoms with Crippen LogP contribution in [0.4, 0.5) is 0 Å². The van der Waals surface area contributed by atoms with Gasteiger partial charge in [0, 0.05) is 10.8 Å². The van der Waals surface area contributed by atoms with Gasteiger partial charge in [0.2, 0.25) is 0 Å². The Hall–Kier alpha value is -5.92. The minimum Gasteiger partial charge on any atom is -0.456 e. The minimum absolute atomic E-state index is 0.923. The van der Waals surface area contributed by atoms with Crippen LogP contribution in [0.1, 0.15) is 44.5 Å². The highest BCUT2D eigenvalue weighted by molar-refractivity contribution is 6.25. The summed E-state index contributed by atoms with van der Waals surface area (Å²) in [6, 6.07) is 44.1. The van der Waals surface area contributed by atoms with Gasteiger partial charge in [-0.25, -0.2) is 0 Å². The first-order chi connectivity index (χ1) is 25.7. The monoisotopic (exact) mass is 684 g/mol. The third-order valence-electron chi connectivity index (χ3n) is 12.5. The normalized spacial score (nSPS) is 11.8. The van der Waals surface area contributed by atoms with Gasteiger partial charge in [0.25, 0.3) is 0 Å². The van der Waals surface area contributed by atoms with Crippen LogP contribution in [-0.2, 0) is 0 Å². The lowest BCUT2D eigenvalue weighted by Gasteiger charge is -2.27. The number of furan rings is 1. The van der Waals surface area contributed by atoms with Gasteiger partial charge in [-0.15, -0.1) is 0 Å². The summed E-state index contributed by atoms with van der Waals surface area (Å²) in [5.41, 5.74) is 22.9. The second kappa shape index (κ2) is 12.3. The Kier molecular flexibility index (Phi) is 7.68. The van der Waals surface area contributed by atoms with E-state index in [1.54, 1.807) is 0 Å². The predicted octanol–water partition coefficient (Wildman–Crippen LogP) is 15.0. The van der Waals surface area contributed by atoms with E-state index in [0.717, 1.165) is 16.6 Å². The summed E-state index contributed by atoms with van der Waals surface area (Å²) >= 11 is 0. The van der Waals surface area contributed by atoms with Crippen molar-refractivity contribution in [3.63, 3.8) is 0 Å². The molecule has 53 heavy (non-hydrogen) atoms. The van der Waals surface area contributed by atoms with E-state index in [-0.39, 0.29) is 0 Å². The standard InChI is InChI=1S/C52H44O/c1-29-31(3)35(7)48-46(33(29)5)50(40-15-10-9-11-16-40)47-34(6)30(2)32(4)36(8)49(47)51(48)41-27-23-38(24-28-41)37-21-25-39(26-22-37)42-18-14-20-45-52(42)43-17-12-13-19-44(43)53-45/h9-28H,1-8H3. The van der Waals surface area contributed by atoms with E-state index in [1.807, 2.05) is 12.1 Å². The van der Waals surface area contributed by atoms with Crippen molar-refractivity contribution in [3.8, 4) is 44.5 Å². The summed E-state index contributed by atoms with van der Waals surface area (Å²) in [4.78, 5) is 0. The van der Waals surface area contributed by atoms with Crippen LogP contribution in [0.15, 0.2) is 126 Å². The molecule has 0 atom stereocenters. The molecular weight excluding hydrogens is 641 g/mol. The van der Waals surface area contributed by atoms with Crippen LogP contribution in [0.2, 0.25) is 0 Å². The number of benzene rings is 8. The molecule has 1 heteroatoms. The molecule has 0 spiro atoms. The van der Waals surface area contributed by atoms with Crippen molar-refractivity contribution >= 4 is 43.5 Å². The fourth-order valence-corrected chi connectivity index (χ4v) is 8.99. The quantitative estimate of drug-likeness (QED) is 0.168. The maximum absolute atomic E-state index is 6.19. The van der Waals surface area contributed by atoms with Gasteiger partial charge in [-0.2, -0.15) is 0 Å². The summed E-state index contributed by atoms with van der Waals surface area (Å²) in [6.45, 7) is 18.5. The first kappa shape index (κ1) is 33.0. The SMILES string of the molecule is Cc1c(C)c(C)c2c(-c3ccc(-c4ccc(-c5cccc6oc7ccccc7c56)cc4)cc3)c3c(C)c(C)c(C)c(C)c3c(-c3ccccc3)c2c1C. The van der Waals surface area contributed by atoms with Gasteiger partial charge in [0.1, 0.15) is 11.2 Å². The zero-order valence-electron chi connectivity index (χ0n) is 32.0. The number of hydrogen-bond acceptors (Lipinski definition) is 1. The number of para-hydroxylation sites is 1. The van der Waals surface area contributed by atoms with Crippen LogP contribution < -0.4 is 0 Å². The first-order valence-electron chi connectivity index (χ1n) is 18.8. The van der Waals surface area contributed by atoms with Crippen LogP contribution in [-0.4, -0.2) is 0 Å². The number of hydrogen-bond donors (Lipinski definition) is 0. The molecule has 0 fully saturated rings. The summed E-state index contributed by atoms with van der Waals surface area (Å²) in [5.74, 6) is 0. The third-order valence-corrected chi connectivity index (χ3v) is 12.5. The minimum atomic E-state index is 0.923. The molecule has 0 bridgehead atoms. The van der Waals surface area contributed by atoms with Gasteiger partial charge in [0.05, 0.1) is 0 Å². The summed E-state index contributed by atoms with van der Waals surface area (Å²) in [5, 5.41) is 7.84. The van der Waals surface area contributed by atoms with Crippen LogP contribution in [0.25, 0.3) is 88.0 Å². The van der Waals surface area contributed by atoms with Crippen molar-refractivity contribution in [1.82, 2.24) is 0 Å². The molecule has 0 saturated heterocycles. The number of fused-ring (bicyclic) bond motifs is 5. The topological polar surface area (TPSA) is 13.1 Å². The molecule has 9 rings (SSSR count). The Morgan fingerprint density at radius 3 is 1.19 bits per heavy atom. The Balaban J connectivity index is 1.24. The van der Waals surface area contributed by atoms with Crippen LogP contribution >= 0.6 is 0 Å². The van der Waals surface area contributed by atoms with Gasteiger partial charge in [-0.3, -0.25) is 0 Å². The molecule has 8 aromatic carbocycles. The van der Waals surface area contributed by atoms with Gasteiger partial charge >= 0.3 is 0 Å². The highest BCUT2D eigenvalue weighted by atomic mass is 16.3. The lowest BCUT2D eigenvalue weighted by Crippen LogP contribution is -2.03. The smallest absolute Gasteiger partial charge is 0.136 e. The third kappa shape index (κ3) is 4.91. The van der Waals surface area contributed by atoms with Crippen molar-refractivity contribution in [2.24, 2.45) is 0 Å². The van der Waals surface area contributed by atoms with Gasteiger partial charge in [0.15, 0.2) is 0 Å². The van der Waals surface area contributed by atoms with Gasteiger partial charge in [-0.1, -0.05) is 109 Å². The van der Waals surface area contributed by atoms with E-state index in [1.165, 1.54) is 116 Å². The molecule has 0 aliphatic heterocycles. The lowest BCUT2D eigenvalue weighted by molar-refractivity contribution is 0.669. The van der Waals surface area contributed by atoms with Crippen molar-refractivity contribution in [2.75, 3.05) is 0 Å². The second-order valence-corrected chi connectivity index (χ2v) is 15.0. The Morgan fingerprint density at radius 2 is 0.679 bits per heavy atom. The second-order valence-electron chi connectivity index (χ2n) is 15.0. The van der Waals surface area contributed by atoms with Gasteiger partial charge in [-0.05, 0) is 178 Å². The van der Waals surface area contributed by atoms with E-state index in [2.05, 4.69) is 165 Å². The maximum Gasteiger partial charge on any atom is 0.136 e. The zero-order chi connectivity index (χ0) is 36.7. The maximum atomic E-state index is 6.19. The molecule has 0 radical (unpaired) electrons. The zero-order valence-corrected chi connectivity index (χ0v) is 32.0. The molecule has 0 aliphatic carbocycles. The lowest BCUT2D eigenvalue weighted by atomic mass is 9.76. The van der Waals surface area contributed by atoms with E-state index in [0.29, 0.717) is 0 Å². The van der Waals surface area contributed by atoms with E-state index >= 15 is 0 Å². The Labute approximate surface area is 312 Å². The molecule has 1 aromatic heterocycles. The first-order valence-corrected chi connectivity index (χ1v) is 18.8. The predicted molar refractivity (Wildman–Crippen MR) is 228 cm³/mol. The molecule has 0 N–H and O–H groups in total.